The topological polar surface area (TPSA) is 81.4 Å². The van der Waals surface area contributed by atoms with Gasteiger partial charge in [-0.25, -0.2) is 4.79 Å². The van der Waals surface area contributed by atoms with Crippen LogP contribution in [-0.4, -0.2) is 22.9 Å². The van der Waals surface area contributed by atoms with E-state index in [4.69, 9.17) is 9.15 Å². The fraction of sp³-hybridized carbons (Fsp3) is 0.389. The van der Waals surface area contributed by atoms with E-state index in [2.05, 4.69) is 10.3 Å². The van der Waals surface area contributed by atoms with Crippen molar-refractivity contribution in [3.8, 4) is 0 Å². The molecule has 0 saturated heterocycles. The zero-order chi connectivity index (χ0) is 16.8. The number of rotatable bonds is 5. The van der Waals surface area contributed by atoms with Gasteiger partial charge in [0.05, 0.1) is 12.0 Å². The number of carbonyl (C=O) groups excluding carboxylic acids is 2. The summed E-state index contributed by atoms with van der Waals surface area (Å²) >= 11 is 0. The summed E-state index contributed by atoms with van der Waals surface area (Å²) in [4.78, 5) is 29.0. The standard InChI is InChI=1S/C18H20N2O4/c21-17(20-13-7-2-1-3-8-13)16(14-9-4-5-11-19-14)24-18(22)15-10-6-12-23-15/h4-6,9-13,16H,1-3,7-8H2,(H,20,21). The van der Waals surface area contributed by atoms with E-state index in [1.165, 1.54) is 18.8 Å². The monoisotopic (exact) mass is 328 g/mol. The van der Waals surface area contributed by atoms with E-state index in [1.54, 1.807) is 30.5 Å². The van der Waals surface area contributed by atoms with Gasteiger partial charge in [-0.3, -0.25) is 9.78 Å². The second-order valence-corrected chi connectivity index (χ2v) is 5.86. The Bertz CT molecular complexity index is 664. The molecule has 6 nitrogen and oxygen atoms in total. The summed E-state index contributed by atoms with van der Waals surface area (Å²) in [5.41, 5.74) is 0.394. The molecule has 1 fully saturated rings. The van der Waals surface area contributed by atoms with Gasteiger partial charge in [-0.15, -0.1) is 0 Å². The van der Waals surface area contributed by atoms with Gasteiger partial charge in [-0.1, -0.05) is 25.3 Å². The highest BCUT2D eigenvalue weighted by molar-refractivity contribution is 5.90. The molecule has 0 aromatic carbocycles. The molecule has 6 heteroatoms. The van der Waals surface area contributed by atoms with E-state index in [0.29, 0.717) is 5.69 Å². The number of nitrogens with one attached hydrogen (secondary N) is 1. The van der Waals surface area contributed by atoms with Crippen molar-refractivity contribution < 1.29 is 18.7 Å². The lowest BCUT2D eigenvalue weighted by molar-refractivity contribution is -0.131. The lowest BCUT2D eigenvalue weighted by Gasteiger charge is -2.25. The van der Waals surface area contributed by atoms with Crippen molar-refractivity contribution in [3.05, 3.63) is 54.2 Å². The largest absolute Gasteiger partial charge is 0.457 e. The first-order valence-corrected chi connectivity index (χ1v) is 8.20. The van der Waals surface area contributed by atoms with Crippen LogP contribution in [0.3, 0.4) is 0 Å². The van der Waals surface area contributed by atoms with Gasteiger partial charge in [-0.2, -0.15) is 0 Å². The molecule has 0 bridgehead atoms. The molecule has 1 aliphatic rings. The molecule has 0 radical (unpaired) electrons. The maximum atomic E-state index is 12.7. The van der Waals surface area contributed by atoms with Crippen LogP contribution in [0.5, 0.6) is 0 Å². The van der Waals surface area contributed by atoms with Crippen molar-refractivity contribution in [2.45, 2.75) is 44.2 Å². The minimum absolute atomic E-state index is 0.0568. The summed E-state index contributed by atoms with van der Waals surface area (Å²) in [7, 11) is 0. The van der Waals surface area contributed by atoms with Crippen LogP contribution < -0.4 is 5.32 Å². The number of nitrogens with zero attached hydrogens (tertiary/aromatic N) is 1. The summed E-state index contributed by atoms with van der Waals surface area (Å²) in [5, 5.41) is 2.98. The number of aromatic nitrogens is 1. The highest BCUT2D eigenvalue weighted by Gasteiger charge is 2.29. The molecule has 2 aromatic rings. The summed E-state index contributed by atoms with van der Waals surface area (Å²) in [5.74, 6) is -0.976. The first kappa shape index (κ1) is 16.2. The third-order valence-electron chi connectivity index (χ3n) is 4.09. The molecule has 2 heterocycles. The van der Waals surface area contributed by atoms with E-state index in [-0.39, 0.29) is 17.7 Å². The smallest absolute Gasteiger partial charge is 0.375 e. The highest BCUT2D eigenvalue weighted by Crippen LogP contribution is 2.21. The fourth-order valence-corrected chi connectivity index (χ4v) is 2.86. The van der Waals surface area contributed by atoms with Crippen molar-refractivity contribution in [2.75, 3.05) is 0 Å². The highest BCUT2D eigenvalue weighted by atomic mass is 16.6. The maximum Gasteiger partial charge on any atom is 0.375 e. The molecule has 0 aliphatic heterocycles. The number of hydrogen-bond donors (Lipinski definition) is 1. The molecule has 1 saturated carbocycles. The van der Waals surface area contributed by atoms with Gasteiger partial charge in [-0.05, 0) is 37.1 Å². The molecule has 1 unspecified atom stereocenters. The Balaban J connectivity index is 1.74. The van der Waals surface area contributed by atoms with Crippen molar-refractivity contribution in [1.29, 1.82) is 0 Å². The number of furan rings is 1. The Labute approximate surface area is 140 Å². The van der Waals surface area contributed by atoms with Crippen LogP contribution in [0.2, 0.25) is 0 Å². The molecule has 1 atom stereocenters. The second kappa shape index (κ2) is 7.77. The molecule has 1 N–H and O–H groups in total. The van der Waals surface area contributed by atoms with Gasteiger partial charge in [0.25, 0.3) is 5.91 Å². The van der Waals surface area contributed by atoms with Gasteiger partial charge in [0.15, 0.2) is 0 Å². The van der Waals surface area contributed by atoms with E-state index in [9.17, 15) is 9.59 Å². The first-order valence-electron chi connectivity index (χ1n) is 8.20. The Morgan fingerprint density at radius 2 is 2.00 bits per heavy atom. The van der Waals surface area contributed by atoms with E-state index in [0.717, 1.165) is 25.7 Å². The van der Waals surface area contributed by atoms with Gasteiger partial charge in [0.2, 0.25) is 11.9 Å². The normalized spacial score (nSPS) is 16.3. The predicted molar refractivity (Wildman–Crippen MR) is 86.1 cm³/mol. The summed E-state index contributed by atoms with van der Waals surface area (Å²) < 4.78 is 10.4. The Morgan fingerprint density at radius 1 is 1.17 bits per heavy atom. The number of esters is 1. The van der Waals surface area contributed by atoms with Gasteiger partial charge in [0.1, 0.15) is 0 Å². The van der Waals surface area contributed by atoms with Crippen LogP contribution in [0.1, 0.15) is 54.5 Å². The Kier molecular flexibility index (Phi) is 5.25. The molecule has 1 amide bonds. The number of amides is 1. The number of ether oxygens (including phenoxy) is 1. The van der Waals surface area contributed by atoms with E-state index < -0.39 is 12.1 Å². The molecular formula is C18H20N2O4. The van der Waals surface area contributed by atoms with Crippen molar-refractivity contribution in [3.63, 3.8) is 0 Å². The lowest BCUT2D eigenvalue weighted by Crippen LogP contribution is -2.40. The maximum absolute atomic E-state index is 12.7. The van der Waals surface area contributed by atoms with Crippen LogP contribution >= 0.6 is 0 Å². The Hall–Kier alpha value is -2.63. The summed E-state index contributed by atoms with van der Waals surface area (Å²) in [6.07, 6.45) is 7.16. The quantitative estimate of drug-likeness (QED) is 0.853. The predicted octanol–water partition coefficient (Wildman–Crippen LogP) is 3.02. The molecule has 2 aromatic heterocycles. The zero-order valence-corrected chi connectivity index (χ0v) is 13.3. The van der Waals surface area contributed by atoms with Crippen molar-refractivity contribution in [1.82, 2.24) is 10.3 Å². The number of hydrogen-bond acceptors (Lipinski definition) is 5. The average Bonchev–Trinajstić information content (AvgIpc) is 3.16. The van der Waals surface area contributed by atoms with E-state index in [1.807, 2.05) is 0 Å². The molecular weight excluding hydrogens is 308 g/mol. The average molecular weight is 328 g/mol. The molecule has 126 valence electrons. The first-order chi connectivity index (χ1) is 11.7. The second-order valence-electron chi connectivity index (χ2n) is 5.86. The third-order valence-corrected chi connectivity index (χ3v) is 4.09. The van der Waals surface area contributed by atoms with Crippen LogP contribution in [0, 0.1) is 0 Å². The third kappa shape index (κ3) is 4.01. The fourth-order valence-electron chi connectivity index (χ4n) is 2.86. The van der Waals surface area contributed by atoms with Crippen LogP contribution in [0.4, 0.5) is 0 Å². The summed E-state index contributed by atoms with van der Waals surface area (Å²) in [6, 6.07) is 8.38. The number of pyridine rings is 1. The van der Waals surface area contributed by atoms with Gasteiger partial charge >= 0.3 is 5.97 Å². The van der Waals surface area contributed by atoms with Crippen LogP contribution in [0.25, 0.3) is 0 Å². The van der Waals surface area contributed by atoms with Gasteiger partial charge in [0, 0.05) is 12.2 Å². The van der Waals surface area contributed by atoms with Crippen LogP contribution in [0.15, 0.2) is 47.2 Å². The molecule has 24 heavy (non-hydrogen) atoms. The molecule has 1 aliphatic carbocycles. The van der Waals surface area contributed by atoms with Crippen LogP contribution in [-0.2, 0) is 9.53 Å². The van der Waals surface area contributed by atoms with Gasteiger partial charge < -0.3 is 14.5 Å². The Morgan fingerprint density at radius 3 is 2.67 bits per heavy atom. The SMILES string of the molecule is O=C(OC(C(=O)NC1CCCCC1)c1ccccn1)c1ccco1. The van der Waals surface area contributed by atoms with E-state index >= 15 is 0 Å². The van der Waals surface area contributed by atoms with Crippen molar-refractivity contribution in [2.24, 2.45) is 0 Å². The molecule has 0 spiro atoms. The molecule has 3 rings (SSSR count). The summed E-state index contributed by atoms with van der Waals surface area (Å²) in [6.45, 7) is 0. The number of carbonyl (C=O) groups is 2. The minimum Gasteiger partial charge on any atom is -0.457 e. The van der Waals surface area contributed by atoms with Crippen molar-refractivity contribution >= 4 is 11.9 Å². The minimum atomic E-state index is -1.09. The zero-order valence-electron chi connectivity index (χ0n) is 13.3. The lowest BCUT2D eigenvalue weighted by atomic mass is 9.95.